The zero-order chi connectivity index (χ0) is 13.9. The third-order valence-corrected chi connectivity index (χ3v) is 3.69. The fourth-order valence-electron chi connectivity index (χ4n) is 1.94. The molecule has 98 valence electrons. The van der Waals surface area contributed by atoms with Crippen LogP contribution in [0.25, 0.3) is 10.9 Å². The lowest BCUT2D eigenvalue weighted by atomic mass is 10.1. The number of rotatable bonds is 2. The monoisotopic (exact) mass is 374 g/mol. The maximum atomic E-state index is 12.2. The van der Waals surface area contributed by atoms with Crippen LogP contribution in [0.4, 0.5) is 5.69 Å². The lowest BCUT2D eigenvalue weighted by molar-refractivity contribution is 0.102. The molecule has 2 aromatic carbocycles. The quantitative estimate of drug-likeness (QED) is 0.687. The van der Waals surface area contributed by atoms with Crippen molar-refractivity contribution in [3.63, 3.8) is 0 Å². The first-order chi connectivity index (χ1) is 9.72. The number of aromatic nitrogens is 1. The van der Waals surface area contributed by atoms with E-state index in [0.29, 0.717) is 5.56 Å². The molecule has 0 unspecified atom stereocenters. The molecule has 0 aliphatic rings. The van der Waals surface area contributed by atoms with Gasteiger partial charge in [0.15, 0.2) is 0 Å². The zero-order valence-corrected chi connectivity index (χ0v) is 12.7. The molecular weight excluding hydrogens is 363 g/mol. The Bertz CT molecular complexity index is 769. The molecule has 0 saturated heterocycles. The summed E-state index contributed by atoms with van der Waals surface area (Å²) in [5, 5.41) is 3.91. The van der Waals surface area contributed by atoms with Crippen LogP contribution in [0.15, 0.2) is 60.8 Å². The van der Waals surface area contributed by atoms with Gasteiger partial charge in [-0.1, -0.05) is 12.1 Å². The van der Waals surface area contributed by atoms with Crippen molar-refractivity contribution in [2.45, 2.75) is 0 Å². The number of fused-ring (bicyclic) bond motifs is 1. The molecule has 1 aromatic heterocycles. The van der Waals surface area contributed by atoms with Crippen molar-refractivity contribution in [3.05, 3.63) is 69.9 Å². The van der Waals surface area contributed by atoms with Gasteiger partial charge in [0, 0.05) is 26.4 Å². The number of anilines is 1. The molecule has 0 bridgehead atoms. The predicted molar refractivity (Wildman–Crippen MR) is 88.9 cm³/mol. The maximum Gasteiger partial charge on any atom is 0.255 e. The van der Waals surface area contributed by atoms with Crippen LogP contribution in [0.1, 0.15) is 10.4 Å². The van der Waals surface area contributed by atoms with Crippen LogP contribution >= 0.6 is 22.6 Å². The zero-order valence-electron chi connectivity index (χ0n) is 10.5. The highest BCUT2D eigenvalue weighted by Gasteiger charge is 2.07. The number of nitrogens with zero attached hydrogens (tertiary/aromatic N) is 1. The summed E-state index contributed by atoms with van der Waals surface area (Å²) in [6.45, 7) is 0. The summed E-state index contributed by atoms with van der Waals surface area (Å²) in [7, 11) is 0. The van der Waals surface area contributed by atoms with E-state index in [2.05, 4.69) is 32.9 Å². The highest BCUT2D eigenvalue weighted by Crippen LogP contribution is 2.16. The molecule has 3 aromatic rings. The van der Waals surface area contributed by atoms with Gasteiger partial charge in [-0.05, 0) is 65.1 Å². The molecular formula is C16H11IN2O. The minimum absolute atomic E-state index is 0.126. The largest absolute Gasteiger partial charge is 0.322 e. The summed E-state index contributed by atoms with van der Waals surface area (Å²) in [4.78, 5) is 16.5. The van der Waals surface area contributed by atoms with Crippen molar-refractivity contribution < 1.29 is 4.79 Å². The van der Waals surface area contributed by atoms with Crippen LogP contribution in [0.5, 0.6) is 0 Å². The first-order valence-electron chi connectivity index (χ1n) is 6.14. The molecule has 0 aliphatic heterocycles. The van der Waals surface area contributed by atoms with Gasteiger partial charge < -0.3 is 5.32 Å². The summed E-state index contributed by atoms with van der Waals surface area (Å²) in [5.74, 6) is -0.126. The smallest absolute Gasteiger partial charge is 0.255 e. The number of carbonyl (C=O) groups excluding carboxylic acids is 1. The van der Waals surface area contributed by atoms with Gasteiger partial charge in [-0.25, -0.2) is 0 Å². The molecule has 3 rings (SSSR count). The Hall–Kier alpha value is -1.95. The highest BCUT2D eigenvalue weighted by molar-refractivity contribution is 14.1. The van der Waals surface area contributed by atoms with Crippen LogP contribution in [-0.2, 0) is 0 Å². The molecule has 4 heteroatoms. The minimum atomic E-state index is -0.126. The second kappa shape index (κ2) is 5.58. The lowest BCUT2D eigenvalue weighted by Crippen LogP contribution is -2.11. The van der Waals surface area contributed by atoms with E-state index >= 15 is 0 Å². The molecule has 0 radical (unpaired) electrons. The molecule has 1 heterocycles. The van der Waals surface area contributed by atoms with Crippen LogP contribution in [0, 0.1) is 3.57 Å². The molecule has 0 fully saturated rings. The van der Waals surface area contributed by atoms with Crippen molar-refractivity contribution in [2.75, 3.05) is 5.32 Å². The SMILES string of the molecule is O=C(Nc1ccc(I)cc1)c1ccc2cccnc2c1. The van der Waals surface area contributed by atoms with Crippen molar-refractivity contribution in [1.82, 2.24) is 4.98 Å². The number of hydrogen-bond acceptors (Lipinski definition) is 2. The van der Waals surface area contributed by atoms with E-state index in [1.54, 1.807) is 12.3 Å². The number of benzene rings is 2. The Labute approximate surface area is 130 Å². The first kappa shape index (κ1) is 13.1. The Morgan fingerprint density at radius 1 is 1.05 bits per heavy atom. The second-order valence-electron chi connectivity index (χ2n) is 4.37. The molecule has 1 amide bonds. The van der Waals surface area contributed by atoms with E-state index in [9.17, 15) is 4.79 Å². The number of amides is 1. The Kier molecular flexibility index (Phi) is 3.64. The molecule has 20 heavy (non-hydrogen) atoms. The predicted octanol–water partition coefficient (Wildman–Crippen LogP) is 4.09. The van der Waals surface area contributed by atoms with E-state index in [0.717, 1.165) is 20.2 Å². The van der Waals surface area contributed by atoms with Gasteiger partial charge in [-0.2, -0.15) is 0 Å². The van der Waals surface area contributed by atoms with Crippen molar-refractivity contribution in [2.24, 2.45) is 0 Å². The summed E-state index contributed by atoms with van der Waals surface area (Å²) in [6, 6.07) is 17.1. The number of pyridine rings is 1. The van der Waals surface area contributed by atoms with Crippen molar-refractivity contribution in [3.8, 4) is 0 Å². The van der Waals surface area contributed by atoms with Gasteiger partial charge in [-0.15, -0.1) is 0 Å². The average Bonchev–Trinajstić information content (AvgIpc) is 2.49. The fraction of sp³-hybridized carbons (Fsp3) is 0. The van der Waals surface area contributed by atoms with E-state index in [-0.39, 0.29) is 5.91 Å². The van der Waals surface area contributed by atoms with Gasteiger partial charge in [0.1, 0.15) is 0 Å². The second-order valence-corrected chi connectivity index (χ2v) is 5.62. The highest BCUT2D eigenvalue weighted by atomic mass is 127. The molecule has 0 atom stereocenters. The minimum Gasteiger partial charge on any atom is -0.322 e. The summed E-state index contributed by atoms with van der Waals surface area (Å²) >= 11 is 2.23. The van der Waals surface area contributed by atoms with E-state index in [1.807, 2.05) is 48.5 Å². The van der Waals surface area contributed by atoms with E-state index in [4.69, 9.17) is 0 Å². The third kappa shape index (κ3) is 2.80. The third-order valence-electron chi connectivity index (χ3n) is 2.97. The summed E-state index contributed by atoms with van der Waals surface area (Å²) in [6.07, 6.45) is 1.73. The van der Waals surface area contributed by atoms with E-state index in [1.165, 1.54) is 0 Å². The average molecular weight is 374 g/mol. The van der Waals surface area contributed by atoms with Crippen LogP contribution in [-0.4, -0.2) is 10.9 Å². The Balaban J connectivity index is 1.86. The topological polar surface area (TPSA) is 42.0 Å². The van der Waals surface area contributed by atoms with Gasteiger partial charge in [0.2, 0.25) is 0 Å². The molecule has 0 aliphatic carbocycles. The Morgan fingerprint density at radius 3 is 2.65 bits per heavy atom. The van der Waals surface area contributed by atoms with E-state index < -0.39 is 0 Å². The number of hydrogen-bond donors (Lipinski definition) is 1. The lowest BCUT2D eigenvalue weighted by Gasteiger charge is -2.06. The summed E-state index contributed by atoms with van der Waals surface area (Å²) < 4.78 is 1.13. The van der Waals surface area contributed by atoms with Crippen LogP contribution in [0.3, 0.4) is 0 Å². The van der Waals surface area contributed by atoms with Crippen molar-refractivity contribution >= 4 is 45.1 Å². The fourth-order valence-corrected chi connectivity index (χ4v) is 2.30. The Morgan fingerprint density at radius 2 is 1.85 bits per heavy atom. The maximum absolute atomic E-state index is 12.2. The van der Waals surface area contributed by atoms with Crippen molar-refractivity contribution in [1.29, 1.82) is 0 Å². The van der Waals surface area contributed by atoms with Gasteiger partial charge in [0.05, 0.1) is 5.52 Å². The number of carbonyl (C=O) groups is 1. The van der Waals surface area contributed by atoms with Crippen LogP contribution < -0.4 is 5.32 Å². The molecule has 3 nitrogen and oxygen atoms in total. The standard InChI is InChI=1S/C16H11IN2O/c17-13-5-7-14(8-6-13)19-16(20)12-4-3-11-2-1-9-18-15(11)10-12/h1-10H,(H,19,20). The molecule has 0 saturated carbocycles. The molecule has 1 N–H and O–H groups in total. The van der Waals surface area contributed by atoms with Crippen LogP contribution in [0.2, 0.25) is 0 Å². The number of nitrogens with one attached hydrogen (secondary N) is 1. The van der Waals surface area contributed by atoms with Gasteiger partial charge in [0.25, 0.3) is 5.91 Å². The van der Waals surface area contributed by atoms with Gasteiger partial charge in [-0.3, -0.25) is 9.78 Å². The molecule has 0 spiro atoms. The normalized spacial score (nSPS) is 10.4. The van der Waals surface area contributed by atoms with Gasteiger partial charge >= 0.3 is 0 Å². The summed E-state index contributed by atoms with van der Waals surface area (Å²) in [5.41, 5.74) is 2.22. The first-order valence-corrected chi connectivity index (χ1v) is 7.22. The number of halogens is 1.